The minimum Gasteiger partial charge on any atom is -0.508 e. The Morgan fingerprint density at radius 3 is 2.24 bits per heavy atom. The molecule has 2 aromatic carbocycles. The summed E-state index contributed by atoms with van der Waals surface area (Å²) >= 11 is 0. The highest BCUT2D eigenvalue weighted by atomic mass is 16.3. The highest BCUT2D eigenvalue weighted by Crippen LogP contribution is 2.23. The van der Waals surface area contributed by atoms with Gasteiger partial charge in [0.15, 0.2) is 0 Å². The summed E-state index contributed by atoms with van der Waals surface area (Å²) in [6, 6.07) is 12.2. The van der Waals surface area contributed by atoms with E-state index in [1.807, 2.05) is 18.2 Å². The predicted molar refractivity (Wildman–Crippen MR) is 64.9 cm³/mol. The average Bonchev–Trinajstić information content (AvgIpc) is 2.32. The number of hydrogen-bond acceptors (Lipinski definition) is 3. The number of phenols is 2. The first-order valence-corrected chi connectivity index (χ1v) is 5.39. The van der Waals surface area contributed by atoms with Crippen LogP contribution in [0.2, 0.25) is 0 Å². The lowest BCUT2D eigenvalue weighted by Crippen LogP contribution is -1.91. The first-order chi connectivity index (χ1) is 8.20. The largest absolute Gasteiger partial charge is 0.508 e. The van der Waals surface area contributed by atoms with Gasteiger partial charge in [0, 0.05) is 12.0 Å². The Morgan fingerprint density at radius 1 is 0.824 bits per heavy atom. The zero-order valence-corrected chi connectivity index (χ0v) is 9.30. The van der Waals surface area contributed by atoms with Crippen molar-refractivity contribution >= 4 is 0 Å². The summed E-state index contributed by atoms with van der Waals surface area (Å²) in [4.78, 5) is 0. The van der Waals surface area contributed by atoms with Gasteiger partial charge in [-0.3, -0.25) is 0 Å². The van der Waals surface area contributed by atoms with Crippen molar-refractivity contribution in [1.29, 1.82) is 0 Å². The zero-order valence-electron chi connectivity index (χ0n) is 9.30. The van der Waals surface area contributed by atoms with E-state index in [4.69, 9.17) is 5.11 Å². The molecule has 0 heterocycles. The molecule has 88 valence electrons. The van der Waals surface area contributed by atoms with Gasteiger partial charge in [0.1, 0.15) is 11.5 Å². The maximum absolute atomic E-state index is 9.64. The van der Waals surface area contributed by atoms with Crippen molar-refractivity contribution < 1.29 is 15.3 Å². The number of aliphatic hydroxyl groups excluding tert-OH is 1. The van der Waals surface area contributed by atoms with Crippen LogP contribution in [0, 0.1) is 0 Å². The average molecular weight is 230 g/mol. The minimum absolute atomic E-state index is 0.0837. The molecular weight excluding hydrogens is 216 g/mol. The van der Waals surface area contributed by atoms with Crippen LogP contribution in [0.1, 0.15) is 16.7 Å². The van der Waals surface area contributed by atoms with Gasteiger partial charge < -0.3 is 15.3 Å². The summed E-state index contributed by atoms with van der Waals surface area (Å²) in [5, 5.41) is 28.2. The lowest BCUT2D eigenvalue weighted by molar-refractivity contribution is 0.275. The van der Waals surface area contributed by atoms with Crippen LogP contribution in [0.15, 0.2) is 42.5 Å². The summed E-state index contributed by atoms with van der Waals surface area (Å²) in [6.45, 7) is -0.178. The summed E-state index contributed by atoms with van der Waals surface area (Å²) < 4.78 is 0. The van der Waals surface area contributed by atoms with Gasteiger partial charge in [0.2, 0.25) is 0 Å². The molecule has 0 aromatic heterocycles. The van der Waals surface area contributed by atoms with E-state index in [2.05, 4.69) is 0 Å². The van der Waals surface area contributed by atoms with Crippen LogP contribution >= 0.6 is 0 Å². The van der Waals surface area contributed by atoms with Crippen molar-refractivity contribution in [2.75, 3.05) is 0 Å². The number of para-hydroxylation sites is 1. The van der Waals surface area contributed by atoms with Crippen LogP contribution in [-0.4, -0.2) is 15.3 Å². The Kier molecular flexibility index (Phi) is 3.30. The summed E-state index contributed by atoms with van der Waals surface area (Å²) in [5.74, 6) is 0.332. The van der Waals surface area contributed by atoms with Gasteiger partial charge >= 0.3 is 0 Å². The van der Waals surface area contributed by atoms with Crippen molar-refractivity contribution in [3.05, 3.63) is 59.2 Å². The Balaban J connectivity index is 2.25. The number of aromatic hydroxyl groups is 2. The van der Waals surface area contributed by atoms with E-state index in [0.29, 0.717) is 12.0 Å². The van der Waals surface area contributed by atoms with Crippen LogP contribution in [0.3, 0.4) is 0 Å². The molecule has 0 amide bonds. The number of rotatable bonds is 3. The van der Waals surface area contributed by atoms with Gasteiger partial charge in [-0.25, -0.2) is 0 Å². The van der Waals surface area contributed by atoms with Crippen LogP contribution in [0.5, 0.6) is 11.5 Å². The second-order valence-corrected chi connectivity index (χ2v) is 3.93. The molecule has 0 spiro atoms. The maximum atomic E-state index is 9.64. The van der Waals surface area contributed by atoms with Gasteiger partial charge in [-0.1, -0.05) is 30.3 Å². The minimum atomic E-state index is -0.178. The third kappa shape index (κ3) is 2.57. The second kappa shape index (κ2) is 4.89. The third-order valence-electron chi connectivity index (χ3n) is 2.71. The first kappa shape index (κ1) is 11.5. The van der Waals surface area contributed by atoms with Crippen LogP contribution < -0.4 is 0 Å². The molecule has 0 unspecified atom stereocenters. The van der Waals surface area contributed by atoms with E-state index >= 15 is 0 Å². The lowest BCUT2D eigenvalue weighted by atomic mass is 10.0. The molecular formula is C14H14O3. The lowest BCUT2D eigenvalue weighted by Gasteiger charge is -2.07. The van der Waals surface area contributed by atoms with E-state index in [0.717, 1.165) is 11.1 Å². The van der Waals surface area contributed by atoms with Crippen molar-refractivity contribution in [3.8, 4) is 11.5 Å². The molecule has 0 saturated carbocycles. The molecule has 0 bridgehead atoms. The molecule has 2 rings (SSSR count). The Bertz CT molecular complexity index is 521. The summed E-state index contributed by atoms with van der Waals surface area (Å²) in [6.07, 6.45) is 0.548. The van der Waals surface area contributed by atoms with Gasteiger partial charge in [-0.2, -0.15) is 0 Å². The molecule has 3 heteroatoms. The second-order valence-electron chi connectivity index (χ2n) is 3.93. The van der Waals surface area contributed by atoms with E-state index in [9.17, 15) is 10.2 Å². The molecule has 0 saturated heterocycles. The van der Waals surface area contributed by atoms with Crippen molar-refractivity contribution in [1.82, 2.24) is 0 Å². The Hall–Kier alpha value is -2.00. The van der Waals surface area contributed by atoms with Gasteiger partial charge in [0.25, 0.3) is 0 Å². The molecule has 0 aliphatic heterocycles. The topological polar surface area (TPSA) is 60.7 Å². The molecule has 3 N–H and O–H groups in total. The molecule has 0 fully saturated rings. The maximum Gasteiger partial charge on any atom is 0.121 e. The zero-order chi connectivity index (χ0) is 12.3. The van der Waals surface area contributed by atoms with Crippen LogP contribution in [0.25, 0.3) is 0 Å². The van der Waals surface area contributed by atoms with E-state index in [1.54, 1.807) is 24.3 Å². The molecule has 0 aliphatic rings. The number of aliphatic hydroxyl groups is 1. The van der Waals surface area contributed by atoms with Crippen molar-refractivity contribution in [2.24, 2.45) is 0 Å². The van der Waals surface area contributed by atoms with Crippen molar-refractivity contribution in [2.45, 2.75) is 13.0 Å². The normalized spacial score (nSPS) is 10.4. The Morgan fingerprint density at radius 2 is 1.59 bits per heavy atom. The molecule has 17 heavy (non-hydrogen) atoms. The molecule has 0 atom stereocenters. The van der Waals surface area contributed by atoms with E-state index in [1.165, 1.54) is 0 Å². The van der Waals surface area contributed by atoms with Crippen molar-refractivity contribution in [3.63, 3.8) is 0 Å². The highest BCUT2D eigenvalue weighted by Gasteiger charge is 2.04. The van der Waals surface area contributed by atoms with Gasteiger partial charge in [-0.15, -0.1) is 0 Å². The third-order valence-corrected chi connectivity index (χ3v) is 2.71. The fraction of sp³-hybridized carbons (Fsp3) is 0.143. The standard InChI is InChI=1S/C14H14O3/c15-9-12-6-5-10(8-14(12)17)7-11-3-1-2-4-13(11)16/h1-6,8,15-17H,7,9H2. The van der Waals surface area contributed by atoms with E-state index < -0.39 is 0 Å². The Labute approximate surface area is 99.6 Å². The van der Waals surface area contributed by atoms with Crippen LogP contribution in [-0.2, 0) is 13.0 Å². The van der Waals surface area contributed by atoms with Gasteiger partial charge in [-0.05, 0) is 23.3 Å². The molecule has 0 radical (unpaired) electrons. The first-order valence-electron chi connectivity index (χ1n) is 5.39. The fourth-order valence-electron chi connectivity index (χ4n) is 1.73. The summed E-state index contributed by atoms with van der Waals surface area (Å²) in [5.41, 5.74) is 2.20. The smallest absolute Gasteiger partial charge is 0.121 e. The predicted octanol–water partition coefficient (Wildman–Crippen LogP) is 2.18. The van der Waals surface area contributed by atoms with Crippen LogP contribution in [0.4, 0.5) is 0 Å². The summed E-state index contributed by atoms with van der Waals surface area (Å²) in [7, 11) is 0. The highest BCUT2D eigenvalue weighted by molar-refractivity contribution is 5.41. The quantitative estimate of drug-likeness (QED) is 0.757. The molecule has 2 aromatic rings. The number of hydrogen-bond donors (Lipinski definition) is 3. The SMILES string of the molecule is OCc1ccc(Cc2ccccc2O)cc1O. The monoisotopic (exact) mass is 230 g/mol. The number of phenolic OH excluding ortho intramolecular Hbond substituents is 1. The van der Waals surface area contributed by atoms with E-state index in [-0.39, 0.29) is 18.1 Å². The van der Waals surface area contributed by atoms with Gasteiger partial charge in [0.05, 0.1) is 6.61 Å². The molecule has 0 aliphatic carbocycles. The fourth-order valence-corrected chi connectivity index (χ4v) is 1.73. The number of benzene rings is 2. The molecule has 3 nitrogen and oxygen atoms in total.